The van der Waals surface area contributed by atoms with Gasteiger partial charge in [-0.1, -0.05) is 12.1 Å². The third-order valence-corrected chi connectivity index (χ3v) is 3.75. The largest absolute Gasteiger partial charge is 0.497 e. The van der Waals surface area contributed by atoms with Gasteiger partial charge in [-0.25, -0.2) is 0 Å². The molecule has 0 radical (unpaired) electrons. The van der Waals surface area contributed by atoms with Crippen molar-refractivity contribution in [1.82, 2.24) is 10.6 Å². The Labute approximate surface area is 126 Å². The van der Waals surface area contributed by atoms with Crippen LogP contribution in [0, 0.1) is 0 Å². The molecule has 2 rings (SSSR count). The Balaban J connectivity index is 1.77. The number of hydrogen-bond donors (Lipinski definition) is 2. The van der Waals surface area contributed by atoms with E-state index < -0.39 is 0 Å². The average molecular weight is 292 g/mol. The van der Waals surface area contributed by atoms with Crippen LogP contribution in [0.5, 0.6) is 5.75 Å². The van der Waals surface area contributed by atoms with Crippen molar-refractivity contribution in [2.24, 2.45) is 0 Å². The summed E-state index contributed by atoms with van der Waals surface area (Å²) in [4.78, 5) is 11.9. The van der Waals surface area contributed by atoms with Crippen LogP contribution in [0.1, 0.15) is 31.4 Å². The first kappa shape index (κ1) is 15.8. The topological polar surface area (TPSA) is 59.6 Å². The summed E-state index contributed by atoms with van der Waals surface area (Å²) in [7, 11) is 1.65. The highest BCUT2D eigenvalue weighted by Crippen LogP contribution is 2.18. The minimum Gasteiger partial charge on any atom is -0.497 e. The number of ether oxygens (including phenoxy) is 2. The summed E-state index contributed by atoms with van der Waals surface area (Å²) in [5.74, 6) is 0.865. The highest BCUT2D eigenvalue weighted by atomic mass is 16.5. The zero-order valence-corrected chi connectivity index (χ0v) is 12.7. The van der Waals surface area contributed by atoms with Gasteiger partial charge in [-0.05, 0) is 37.5 Å². The van der Waals surface area contributed by atoms with Crippen molar-refractivity contribution in [3.63, 3.8) is 0 Å². The van der Waals surface area contributed by atoms with Crippen LogP contribution in [0.3, 0.4) is 0 Å². The van der Waals surface area contributed by atoms with Gasteiger partial charge in [-0.3, -0.25) is 4.79 Å². The molecule has 1 aliphatic heterocycles. The van der Waals surface area contributed by atoms with Gasteiger partial charge >= 0.3 is 0 Å². The maximum atomic E-state index is 11.9. The molecule has 0 bridgehead atoms. The quantitative estimate of drug-likeness (QED) is 0.837. The minimum atomic E-state index is 0.0386. The number of amides is 1. The normalized spacial score (nSPS) is 17.2. The molecule has 1 saturated heterocycles. The van der Waals surface area contributed by atoms with Crippen LogP contribution in [0.15, 0.2) is 24.3 Å². The molecule has 1 aromatic carbocycles. The molecule has 1 amide bonds. The maximum Gasteiger partial charge on any atom is 0.234 e. The molecular formula is C16H24N2O3. The van der Waals surface area contributed by atoms with Gasteiger partial charge in [-0.2, -0.15) is 0 Å². The third kappa shape index (κ3) is 5.02. The van der Waals surface area contributed by atoms with Crippen LogP contribution in [0.25, 0.3) is 0 Å². The lowest BCUT2D eigenvalue weighted by atomic mass is 10.1. The van der Waals surface area contributed by atoms with Crippen molar-refractivity contribution in [2.75, 3.05) is 26.9 Å². The van der Waals surface area contributed by atoms with Crippen LogP contribution in [-0.4, -0.2) is 38.8 Å². The Hall–Kier alpha value is -1.59. The number of rotatable bonds is 6. The highest BCUT2D eigenvalue weighted by molar-refractivity contribution is 5.78. The lowest BCUT2D eigenvalue weighted by Gasteiger charge is -2.23. The van der Waals surface area contributed by atoms with Crippen molar-refractivity contribution in [1.29, 1.82) is 0 Å². The Morgan fingerprint density at radius 1 is 1.43 bits per heavy atom. The third-order valence-electron chi connectivity index (χ3n) is 3.75. The Morgan fingerprint density at radius 2 is 2.19 bits per heavy atom. The first-order chi connectivity index (χ1) is 10.2. The number of methoxy groups -OCH3 is 1. The second-order valence-electron chi connectivity index (χ2n) is 5.33. The molecular weight excluding hydrogens is 268 g/mol. The van der Waals surface area contributed by atoms with Crippen LogP contribution in [-0.2, 0) is 9.53 Å². The molecule has 0 aliphatic carbocycles. The zero-order chi connectivity index (χ0) is 15.1. The molecule has 2 N–H and O–H groups in total. The Morgan fingerprint density at radius 3 is 2.90 bits per heavy atom. The van der Waals surface area contributed by atoms with Gasteiger partial charge in [0.25, 0.3) is 0 Å². The van der Waals surface area contributed by atoms with Gasteiger partial charge < -0.3 is 20.1 Å². The van der Waals surface area contributed by atoms with E-state index >= 15 is 0 Å². The van der Waals surface area contributed by atoms with Gasteiger partial charge in [0.2, 0.25) is 5.91 Å². The van der Waals surface area contributed by atoms with Gasteiger partial charge in [0, 0.05) is 25.3 Å². The van der Waals surface area contributed by atoms with Crippen molar-refractivity contribution >= 4 is 5.91 Å². The molecule has 0 unspecified atom stereocenters. The van der Waals surface area contributed by atoms with Gasteiger partial charge in [0.15, 0.2) is 0 Å². The molecule has 0 saturated carbocycles. The molecule has 5 nitrogen and oxygen atoms in total. The SMILES string of the molecule is COc1cccc([C@H](C)NCC(=O)NC2CCOCC2)c1. The fraction of sp³-hybridized carbons (Fsp3) is 0.562. The van der Waals surface area contributed by atoms with Crippen LogP contribution >= 0.6 is 0 Å². The van der Waals surface area contributed by atoms with E-state index in [-0.39, 0.29) is 18.0 Å². The summed E-state index contributed by atoms with van der Waals surface area (Å²) in [5.41, 5.74) is 1.10. The molecule has 21 heavy (non-hydrogen) atoms. The summed E-state index contributed by atoms with van der Waals surface area (Å²) in [6, 6.07) is 8.22. The highest BCUT2D eigenvalue weighted by Gasteiger charge is 2.16. The zero-order valence-electron chi connectivity index (χ0n) is 12.7. The molecule has 1 atom stereocenters. The smallest absolute Gasteiger partial charge is 0.234 e. The number of hydrogen-bond acceptors (Lipinski definition) is 4. The fourth-order valence-electron chi connectivity index (χ4n) is 2.40. The van der Waals surface area contributed by atoms with Crippen molar-refractivity contribution < 1.29 is 14.3 Å². The van der Waals surface area contributed by atoms with Gasteiger partial charge in [0.05, 0.1) is 13.7 Å². The van der Waals surface area contributed by atoms with E-state index in [0.29, 0.717) is 6.54 Å². The van der Waals surface area contributed by atoms with Crippen molar-refractivity contribution in [2.45, 2.75) is 31.8 Å². The second-order valence-corrected chi connectivity index (χ2v) is 5.33. The fourth-order valence-corrected chi connectivity index (χ4v) is 2.40. The second kappa shape index (κ2) is 8.00. The molecule has 0 aromatic heterocycles. The van der Waals surface area contributed by atoms with Crippen LogP contribution < -0.4 is 15.4 Å². The molecule has 116 valence electrons. The summed E-state index contributed by atoms with van der Waals surface area (Å²) < 4.78 is 10.5. The monoisotopic (exact) mass is 292 g/mol. The van der Waals surface area contributed by atoms with E-state index in [9.17, 15) is 4.79 Å². The molecule has 5 heteroatoms. The van der Waals surface area contributed by atoms with Crippen molar-refractivity contribution in [3.8, 4) is 5.75 Å². The molecule has 0 spiro atoms. The van der Waals surface area contributed by atoms with E-state index in [4.69, 9.17) is 9.47 Å². The van der Waals surface area contributed by atoms with Crippen LogP contribution in [0.4, 0.5) is 0 Å². The average Bonchev–Trinajstić information content (AvgIpc) is 2.53. The van der Waals surface area contributed by atoms with Crippen LogP contribution in [0.2, 0.25) is 0 Å². The summed E-state index contributed by atoms with van der Waals surface area (Å²) >= 11 is 0. The molecule has 1 aliphatic rings. The summed E-state index contributed by atoms with van der Waals surface area (Å²) in [6.45, 7) is 3.82. The van der Waals surface area contributed by atoms with E-state index in [1.807, 2.05) is 31.2 Å². The van der Waals surface area contributed by atoms with Gasteiger partial charge in [-0.15, -0.1) is 0 Å². The Kier molecular flexibility index (Phi) is 6.02. The van der Waals surface area contributed by atoms with E-state index in [1.54, 1.807) is 7.11 Å². The van der Waals surface area contributed by atoms with E-state index in [2.05, 4.69) is 10.6 Å². The number of nitrogens with one attached hydrogen (secondary N) is 2. The summed E-state index contributed by atoms with van der Waals surface area (Å²) in [5, 5.41) is 6.28. The lowest BCUT2D eigenvalue weighted by molar-refractivity contribution is -0.121. The standard InChI is InChI=1S/C16H24N2O3/c1-12(13-4-3-5-15(10-13)20-2)17-11-16(19)18-14-6-8-21-9-7-14/h3-5,10,12,14,17H,6-9,11H2,1-2H3,(H,18,19)/t12-/m0/s1. The first-order valence-electron chi connectivity index (χ1n) is 7.43. The predicted octanol–water partition coefficient (Wildman–Crippen LogP) is 1.64. The number of carbonyl (C=O) groups excluding carboxylic acids is 1. The summed E-state index contributed by atoms with van der Waals surface area (Å²) in [6.07, 6.45) is 1.80. The Bertz CT molecular complexity index is 459. The van der Waals surface area contributed by atoms with Crippen molar-refractivity contribution in [3.05, 3.63) is 29.8 Å². The number of carbonyl (C=O) groups is 1. The van der Waals surface area contributed by atoms with E-state index in [0.717, 1.165) is 37.4 Å². The minimum absolute atomic E-state index is 0.0386. The molecule has 1 fully saturated rings. The van der Waals surface area contributed by atoms with Gasteiger partial charge in [0.1, 0.15) is 5.75 Å². The first-order valence-corrected chi connectivity index (χ1v) is 7.43. The number of benzene rings is 1. The predicted molar refractivity (Wildman–Crippen MR) is 81.4 cm³/mol. The lowest BCUT2D eigenvalue weighted by Crippen LogP contribution is -2.43. The maximum absolute atomic E-state index is 11.9. The van der Waals surface area contributed by atoms with E-state index in [1.165, 1.54) is 0 Å². The molecule has 1 aromatic rings. The molecule has 1 heterocycles.